The highest BCUT2D eigenvalue weighted by molar-refractivity contribution is 6.30. The van der Waals surface area contributed by atoms with E-state index in [1.807, 2.05) is 19.1 Å². The third kappa shape index (κ3) is 4.21. The number of halogens is 1. The lowest BCUT2D eigenvalue weighted by Gasteiger charge is -2.13. The molecular weight excluding hydrogens is 224 g/mol. The standard InChI is InChI=1S/C12H17ClN2O/c1-3-7-14-9(2)12(16)15-11-6-4-5-10(13)8-11/h4-6,8-9,14H,3,7H2,1-2H3,(H,15,16)/t9-/m1/s1. The number of carbonyl (C=O) groups excluding carboxylic acids is 1. The minimum atomic E-state index is -0.195. The van der Waals surface area contributed by atoms with Crippen LogP contribution in [-0.4, -0.2) is 18.5 Å². The third-order valence-corrected chi connectivity index (χ3v) is 2.42. The molecule has 1 aromatic carbocycles. The largest absolute Gasteiger partial charge is 0.325 e. The van der Waals surface area contributed by atoms with E-state index in [4.69, 9.17) is 11.6 Å². The summed E-state index contributed by atoms with van der Waals surface area (Å²) in [6, 6.07) is 6.93. The van der Waals surface area contributed by atoms with Crippen LogP contribution in [-0.2, 0) is 4.79 Å². The summed E-state index contributed by atoms with van der Waals surface area (Å²) >= 11 is 5.82. The summed E-state index contributed by atoms with van der Waals surface area (Å²) in [5.74, 6) is -0.0456. The molecule has 0 aliphatic carbocycles. The molecule has 0 aromatic heterocycles. The van der Waals surface area contributed by atoms with Crippen molar-refractivity contribution in [1.29, 1.82) is 0 Å². The predicted molar refractivity (Wildman–Crippen MR) is 67.8 cm³/mol. The quantitative estimate of drug-likeness (QED) is 0.831. The van der Waals surface area contributed by atoms with Gasteiger partial charge in [0.1, 0.15) is 0 Å². The highest BCUT2D eigenvalue weighted by atomic mass is 35.5. The van der Waals surface area contributed by atoms with Gasteiger partial charge in [-0.25, -0.2) is 0 Å². The number of nitrogens with one attached hydrogen (secondary N) is 2. The molecule has 0 radical (unpaired) electrons. The maximum absolute atomic E-state index is 11.7. The molecule has 1 rings (SSSR count). The molecule has 0 bridgehead atoms. The molecule has 1 amide bonds. The lowest BCUT2D eigenvalue weighted by molar-refractivity contribution is -0.117. The molecule has 0 aliphatic heterocycles. The minimum absolute atomic E-state index is 0.0456. The molecule has 0 saturated carbocycles. The zero-order chi connectivity index (χ0) is 12.0. The molecular formula is C12H17ClN2O. The Bertz CT molecular complexity index is 355. The lowest BCUT2D eigenvalue weighted by atomic mass is 10.2. The molecule has 2 N–H and O–H groups in total. The molecule has 88 valence electrons. The Morgan fingerprint density at radius 1 is 1.50 bits per heavy atom. The van der Waals surface area contributed by atoms with E-state index in [9.17, 15) is 4.79 Å². The fourth-order valence-corrected chi connectivity index (χ4v) is 1.46. The fourth-order valence-electron chi connectivity index (χ4n) is 1.27. The van der Waals surface area contributed by atoms with Crippen molar-refractivity contribution in [2.75, 3.05) is 11.9 Å². The highest BCUT2D eigenvalue weighted by Crippen LogP contribution is 2.14. The first kappa shape index (κ1) is 13.0. The maximum atomic E-state index is 11.7. The van der Waals surface area contributed by atoms with E-state index in [-0.39, 0.29) is 11.9 Å². The molecule has 3 nitrogen and oxygen atoms in total. The van der Waals surface area contributed by atoms with Crippen LogP contribution in [0.1, 0.15) is 20.3 Å². The van der Waals surface area contributed by atoms with Gasteiger partial charge in [0, 0.05) is 10.7 Å². The Hall–Kier alpha value is -1.06. The number of hydrogen-bond donors (Lipinski definition) is 2. The van der Waals surface area contributed by atoms with E-state index in [0.717, 1.165) is 18.7 Å². The van der Waals surface area contributed by atoms with Crippen LogP contribution in [0.5, 0.6) is 0 Å². The first-order valence-corrected chi connectivity index (χ1v) is 5.81. The Morgan fingerprint density at radius 2 is 2.25 bits per heavy atom. The summed E-state index contributed by atoms with van der Waals surface area (Å²) in [6.45, 7) is 4.74. The van der Waals surface area contributed by atoms with E-state index >= 15 is 0 Å². The maximum Gasteiger partial charge on any atom is 0.241 e. The highest BCUT2D eigenvalue weighted by Gasteiger charge is 2.11. The van der Waals surface area contributed by atoms with E-state index in [0.29, 0.717) is 5.02 Å². The number of amides is 1. The molecule has 0 saturated heterocycles. The van der Waals surface area contributed by atoms with Crippen LogP contribution < -0.4 is 10.6 Å². The normalized spacial score (nSPS) is 12.2. The number of carbonyl (C=O) groups is 1. The van der Waals surface area contributed by atoms with E-state index < -0.39 is 0 Å². The van der Waals surface area contributed by atoms with Gasteiger partial charge in [0.15, 0.2) is 0 Å². The van der Waals surface area contributed by atoms with Gasteiger partial charge in [0.25, 0.3) is 0 Å². The van der Waals surface area contributed by atoms with Crippen molar-refractivity contribution in [1.82, 2.24) is 5.32 Å². The van der Waals surface area contributed by atoms with Crippen molar-refractivity contribution in [3.63, 3.8) is 0 Å². The SMILES string of the molecule is CCCN[C@H](C)C(=O)Nc1cccc(Cl)c1. The number of rotatable bonds is 5. The van der Waals surface area contributed by atoms with Crippen LogP contribution in [0, 0.1) is 0 Å². The van der Waals surface area contributed by atoms with Crippen LogP contribution in [0.4, 0.5) is 5.69 Å². The monoisotopic (exact) mass is 240 g/mol. The van der Waals surface area contributed by atoms with Crippen molar-refractivity contribution in [3.8, 4) is 0 Å². The zero-order valence-corrected chi connectivity index (χ0v) is 10.3. The second-order valence-corrected chi connectivity index (χ2v) is 4.11. The topological polar surface area (TPSA) is 41.1 Å². The summed E-state index contributed by atoms with van der Waals surface area (Å²) in [5.41, 5.74) is 0.725. The molecule has 1 aromatic rings. The number of benzene rings is 1. The Morgan fingerprint density at radius 3 is 2.88 bits per heavy atom. The van der Waals surface area contributed by atoms with Crippen molar-refractivity contribution in [3.05, 3.63) is 29.3 Å². The molecule has 0 heterocycles. The molecule has 1 atom stereocenters. The first-order chi connectivity index (χ1) is 7.63. The summed E-state index contributed by atoms with van der Waals surface area (Å²) in [4.78, 5) is 11.7. The van der Waals surface area contributed by atoms with Gasteiger partial charge >= 0.3 is 0 Å². The summed E-state index contributed by atoms with van der Waals surface area (Å²) in [5, 5.41) is 6.54. The first-order valence-electron chi connectivity index (χ1n) is 5.43. The van der Waals surface area contributed by atoms with E-state index in [1.165, 1.54) is 0 Å². The summed E-state index contributed by atoms with van der Waals surface area (Å²) < 4.78 is 0. The average Bonchev–Trinajstić information content (AvgIpc) is 2.25. The molecule has 0 unspecified atom stereocenters. The van der Waals surface area contributed by atoms with Gasteiger partial charge in [-0.3, -0.25) is 4.79 Å². The third-order valence-electron chi connectivity index (χ3n) is 2.19. The Labute approximate surface area is 101 Å². The van der Waals surface area contributed by atoms with Gasteiger partial charge in [-0.1, -0.05) is 24.6 Å². The molecule has 16 heavy (non-hydrogen) atoms. The second-order valence-electron chi connectivity index (χ2n) is 3.68. The van der Waals surface area contributed by atoms with Gasteiger partial charge in [-0.05, 0) is 38.1 Å². The fraction of sp³-hybridized carbons (Fsp3) is 0.417. The summed E-state index contributed by atoms with van der Waals surface area (Å²) in [7, 11) is 0. The second kappa shape index (κ2) is 6.51. The van der Waals surface area contributed by atoms with Crippen molar-refractivity contribution >= 4 is 23.2 Å². The van der Waals surface area contributed by atoms with Crippen LogP contribution in [0.3, 0.4) is 0 Å². The number of hydrogen-bond acceptors (Lipinski definition) is 2. The van der Waals surface area contributed by atoms with Gasteiger partial charge in [0.05, 0.1) is 6.04 Å². The Balaban J connectivity index is 2.50. The Kier molecular flexibility index (Phi) is 5.29. The van der Waals surface area contributed by atoms with Crippen LogP contribution in [0.25, 0.3) is 0 Å². The molecule has 0 spiro atoms. The van der Waals surface area contributed by atoms with Gasteiger partial charge in [-0.15, -0.1) is 0 Å². The van der Waals surface area contributed by atoms with Crippen LogP contribution in [0.15, 0.2) is 24.3 Å². The van der Waals surface area contributed by atoms with Gasteiger partial charge in [0.2, 0.25) is 5.91 Å². The predicted octanol–water partition coefficient (Wildman–Crippen LogP) is 2.67. The molecule has 0 aliphatic rings. The van der Waals surface area contributed by atoms with Gasteiger partial charge < -0.3 is 10.6 Å². The average molecular weight is 241 g/mol. The van der Waals surface area contributed by atoms with E-state index in [2.05, 4.69) is 17.6 Å². The lowest BCUT2D eigenvalue weighted by Crippen LogP contribution is -2.38. The smallest absolute Gasteiger partial charge is 0.241 e. The van der Waals surface area contributed by atoms with Crippen molar-refractivity contribution in [2.45, 2.75) is 26.3 Å². The van der Waals surface area contributed by atoms with Crippen molar-refractivity contribution in [2.24, 2.45) is 0 Å². The van der Waals surface area contributed by atoms with Gasteiger partial charge in [-0.2, -0.15) is 0 Å². The van der Waals surface area contributed by atoms with Crippen molar-refractivity contribution < 1.29 is 4.79 Å². The summed E-state index contributed by atoms with van der Waals surface area (Å²) in [6.07, 6.45) is 1.01. The van der Waals surface area contributed by atoms with Crippen LogP contribution in [0.2, 0.25) is 5.02 Å². The molecule has 0 fully saturated rings. The van der Waals surface area contributed by atoms with E-state index in [1.54, 1.807) is 12.1 Å². The minimum Gasteiger partial charge on any atom is -0.325 e. The zero-order valence-electron chi connectivity index (χ0n) is 9.59. The molecule has 4 heteroatoms. The number of anilines is 1. The van der Waals surface area contributed by atoms with Crippen LogP contribution >= 0.6 is 11.6 Å².